The van der Waals surface area contributed by atoms with Crippen LogP contribution < -0.4 is 10.9 Å². The maximum Gasteiger partial charge on any atom is 0.292 e. The number of hydrogen-bond donors (Lipinski definition) is 2. The lowest BCUT2D eigenvalue weighted by Gasteiger charge is -2.02. The zero-order valence-corrected chi connectivity index (χ0v) is 14.3. The number of carbonyl (C=O) groups is 1. The summed E-state index contributed by atoms with van der Waals surface area (Å²) in [6, 6.07) is 17.4. The Bertz CT molecular complexity index is 1130. The van der Waals surface area contributed by atoms with E-state index in [9.17, 15) is 9.59 Å². The van der Waals surface area contributed by atoms with E-state index in [-0.39, 0.29) is 23.8 Å². The Labute approximate surface area is 154 Å². The summed E-state index contributed by atoms with van der Waals surface area (Å²) < 4.78 is 7.07. The van der Waals surface area contributed by atoms with Gasteiger partial charge in [-0.2, -0.15) is 0 Å². The van der Waals surface area contributed by atoms with Crippen molar-refractivity contribution in [1.82, 2.24) is 14.5 Å². The van der Waals surface area contributed by atoms with Gasteiger partial charge in [0.25, 0.3) is 11.5 Å². The molecule has 0 fully saturated rings. The van der Waals surface area contributed by atoms with E-state index in [1.54, 1.807) is 42.7 Å². The lowest BCUT2D eigenvalue weighted by Crippen LogP contribution is -2.18. The molecule has 134 valence electrons. The molecule has 0 aliphatic rings. The Morgan fingerprint density at radius 1 is 1.07 bits per heavy atom. The van der Waals surface area contributed by atoms with Crippen LogP contribution >= 0.6 is 0 Å². The molecule has 7 heteroatoms. The van der Waals surface area contributed by atoms with Crippen LogP contribution in [0.15, 0.2) is 82.3 Å². The van der Waals surface area contributed by atoms with Gasteiger partial charge in [-0.1, -0.05) is 12.1 Å². The van der Waals surface area contributed by atoms with Crippen molar-refractivity contribution in [3.63, 3.8) is 0 Å². The first-order valence-electron chi connectivity index (χ1n) is 8.35. The van der Waals surface area contributed by atoms with Crippen LogP contribution in [0.5, 0.6) is 0 Å². The highest BCUT2D eigenvalue weighted by atomic mass is 16.4. The van der Waals surface area contributed by atoms with Crippen LogP contribution in [-0.2, 0) is 6.54 Å². The third kappa shape index (κ3) is 3.72. The number of pyridine rings is 2. The Hall–Kier alpha value is -3.87. The van der Waals surface area contributed by atoms with E-state index >= 15 is 0 Å². The Morgan fingerprint density at radius 2 is 1.96 bits per heavy atom. The summed E-state index contributed by atoms with van der Waals surface area (Å²) in [5.41, 5.74) is 1.45. The van der Waals surface area contributed by atoms with Gasteiger partial charge in [-0.05, 0) is 42.5 Å². The molecule has 7 nitrogen and oxygen atoms in total. The first-order chi connectivity index (χ1) is 13.2. The fraction of sp³-hybridized carbons (Fsp3) is 0.0500. The van der Waals surface area contributed by atoms with Gasteiger partial charge in [0.2, 0.25) is 0 Å². The molecule has 0 atom stereocenters. The van der Waals surface area contributed by atoms with Crippen molar-refractivity contribution < 1.29 is 9.21 Å². The quantitative estimate of drug-likeness (QED) is 0.572. The molecule has 4 aromatic rings. The molecule has 0 aliphatic carbocycles. The van der Waals surface area contributed by atoms with Crippen LogP contribution in [0.3, 0.4) is 0 Å². The van der Waals surface area contributed by atoms with E-state index in [1.165, 1.54) is 10.6 Å². The number of rotatable bonds is 5. The summed E-state index contributed by atoms with van der Waals surface area (Å²) in [7, 11) is 0. The molecule has 2 N–H and O–H groups in total. The molecule has 27 heavy (non-hydrogen) atoms. The molecule has 0 saturated carbocycles. The highest BCUT2D eigenvalue weighted by Gasteiger charge is 2.13. The van der Waals surface area contributed by atoms with Crippen LogP contribution in [0.4, 0.5) is 5.82 Å². The molecule has 4 heterocycles. The zero-order valence-electron chi connectivity index (χ0n) is 14.3. The molecule has 1 amide bonds. The topological polar surface area (TPSA) is 92.9 Å². The average molecular weight is 360 g/mol. The Balaban J connectivity index is 1.45. The van der Waals surface area contributed by atoms with E-state index in [0.717, 1.165) is 11.4 Å². The number of hydrogen-bond acceptors (Lipinski definition) is 4. The average Bonchev–Trinajstić information content (AvgIpc) is 3.34. The second-order valence-electron chi connectivity index (χ2n) is 5.89. The van der Waals surface area contributed by atoms with Gasteiger partial charge in [0.15, 0.2) is 5.76 Å². The maximum atomic E-state index is 12.4. The highest BCUT2D eigenvalue weighted by Crippen LogP contribution is 2.19. The number of aromatic nitrogens is 3. The highest BCUT2D eigenvalue weighted by molar-refractivity contribution is 6.01. The zero-order chi connectivity index (χ0) is 18.6. The van der Waals surface area contributed by atoms with Gasteiger partial charge in [-0.15, -0.1) is 0 Å². The number of anilines is 1. The molecule has 4 rings (SSSR count). The minimum atomic E-state index is -0.379. The minimum Gasteiger partial charge on any atom is -0.454 e. The van der Waals surface area contributed by atoms with E-state index in [1.807, 2.05) is 24.3 Å². The van der Waals surface area contributed by atoms with Crippen molar-refractivity contribution in [2.45, 2.75) is 6.54 Å². The molecular formula is C20H16N4O3. The summed E-state index contributed by atoms with van der Waals surface area (Å²) in [5, 5.41) is 2.75. The number of nitrogens with zero attached hydrogens (tertiary/aromatic N) is 2. The maximum absolute atomic E-state index is 12.4. The smallest absolute Gasteiger partial charge is 0.292 e. The van der Waals surface area contributed by atoms with Crippen molar-refractivity contribution >= 4 is 11.7 Å². The van der Waals surface area contributed by atoms with Crippen LogP contribution in [-0.4, -0.2) is 20.4 Å². The molecule has 0 unspecified atom stereocenters. The van der Waals surface area contributed by atoms with E-state index < -0.39 is 0 Å². The summed E-state index contributed by atoms with van der Waals surface area (Å²) in [6.07, 6.45) is 3.37. The normalized spacial score (nSPS) is 10.7. The largest absolute Gasteiger partial charge is 0.454 e. The number of carbonyl (C=O) groups excluding carboxylic acids is 1. The first kappa shape index (κ1) is 16.6. The molecule has 0 saturated heterocycles. The molecule has 0 radical (unpaired) electrons. The van der Waals surface area contributed by atoms with Crippen LogP contribution in [0, 0.1) is 0 Å². The number of nitrogens with one attached hydrogen (secondary N) is 2. The molecule has 0 aliphatic heterocycles. The molecule has 0 spiro atoms. The molecular weight excluding hydrogens is 344 g/mol. The molecule has 0 bridgehead atoms. The summed E-state index contributed by atoms with van der Waals surface area (Å²) in [6.45, 7) is 0.263. The van der Waals surface area contributed by atoms with Gasteiger partial charge in [0, 0.05) is 18.5 Å². The van der Waals surface area contributed by atoms with Crippen molar-refractivity contribution in [2.24, 2.45) is 0 Å². The van der Waals surface area contributed by atoms with Gasteiger partial charge < -0.3 is 19.3 Å². The van der Waals surface area contributed by atoms with E-state index in [0.29, 0.717) is 11.6 Å². The lowest BCUT2D eigenvalue weighted by molar-refractivity contribution is 0.0994. The first-order valence-corrected chi connectivity index (χ1v) is 8.35. The van der Waals surface area contributed by atoms with Crippen molar-refractivity contribution in [3.8, 4) is 11.4 Å². The monoisotopic (exact) mass is 360 g/mol. The Kier molecular flexibility index (Phi) is 4.40. The fourth-order valence-electron chi connectivity index (χ4n) is 2.67. The lowest BCUT2D eigenvalue weighted by atomic mass is 10.3. The predicted molar refractivity (Wildman–Crippen MR) is 100 cm³/mol. The van der Waals surface area contributed by atoms with Gasteiger partial charge in [0.05, 0.1) is 17.9 Å². The Morgan fingerprint density at radius 3 is 2.78 bits per heavy atom. The van der Waals surface area contributed by atoms with Crippen molar-refractivity contribution in [3.05, 3.63) is 94.9 Å². The summed E-state index contributed by atoms with van der Waals surface area (Å²) in [5.74, 6) is 0.853. The van der Waals surface area contributed by atoms with Gasteiger partial charge in [-0.3, -0.25) is 14.6 Å². The second kappa shape index (κ2) is 7.17. The van der Waals surface area contributed by atoms with Crippen molar-refractivity contribution in [2.75, 3.05) is 5.32 Å². The molecule has 4 aromatic heterocycles. The predicted octanol–water partition coefficient (Wildman–Crippen LogP) is 3.13. The van der Waals surface area contributed by atoms with Gasteiger partial charge in [0.1, 0.15) is 11.6 Å². The SMILES string of the molecule is O=C(Nc1ccc(-c2ccccn2)[nH]1)c1ccc(Cn2ccccc2=O)o1. The third-order valence-corrected chi connectivity index (χ3v) is 3.99. The summed E-state index contributed by atoms with van der Waals surface area (Å²) >= 11 is 0. The van der Waals surface area contributed by atoms with Gasteiger partial charge >= 0.3 is 0 Å². The minimum absolute atomic E-state index is 0.131. The van der Waals surface area contributed by atoms with Gasteiger partial charge in [-0.25, -0.2) is 0 Å². The number of furan rings is 1. The van der Waals surface area contributed by atoms with Crippen molar-refractivity contribution in [1.29, 1.82) is 0 Å². The van der Waals surface area contributed by atoms with E-state index in [2.05, 4.69) is 15.3 Å². The standard InChI is InChI=1S/C20H16N4O3/c25-19-6-2-4-12-24(19)13-14-7-9-17(27-14)20(26)23-18-10-8-16(22-18)15-5-1-3-11-21-15/h1-12,22H,13H2,(H,23,26). The second-order valence-corrected chi connectivity index (χ2v) is 5.89. The number of H-pyrrole nitrogens is 1. The third-order valence-electron chi connectivity index (χ3n) is 3.99. The van der Waals surface area contributed by atoms with Crippen LogP contribution in [0.25, 0.3) is 11.4 Å². The fourth-order valence-corrected chi connectivity index (χ4v) is 2.67. The summed E-state index contributed by atoms with van der Waals surface area (Å²) in [4.78, 5) is 31.5. The molecule has 0 aromatic carbocycles. The van der Waals surface area contributed by atoms with Crippen LogP contribution in [0.2, 0.25) is 0 Å². The van der Waals surface area contributed by atoms with Crippen LogP contribution in [0.1, 0.15) is 16.3 Å². The number of aromatic amines is 1. The van der Waals surface area contributed by atoms with E-state index in [4.69, 9.17) is 4.42 Å². The number of amides is 1.